The summed E-state index contributed by atoms with van der Waals surface area (Å²) in [5.74, 6) is 0. The van der Waals surface area contributed by atoms with E-state index in [0.717, 1.165) is 13.0 Å². The fourth-order valence-corrected chi connectivity index (χ4v) is 1.90. The summed E-state index contributed by atoms with van der Waals surface area (Å²) >= 11 is 0. The minimum Gasteiger partial charge on any atom is -0.444 e. The molecule has 1 aliphatic rings. The number of ether oxygens (including phenoxy) is 1. The lowest BCUT2D eigenvalue weighted by atomic mass is 9.99. The van der Waals surface area contributed by atoms with Crippen molar-refractivity contribution in [2.45, 2.75) is 64.6 Å². The van der Waals surface area contributed by atoms with Crippen LogP contribution in [-0.2, 0) is 4.74 Å². The number of hydrogen-bond donors (Lipinski definition) is 2. The van der Waals surface area contributed by atoms with Crippen molar-refractivity contribution in [3.05, 3.63) is 0 Å². The van der Waals surface area contributed by atoms with Crippen molar-refractivity contribution in [3.8, 4) is 0 Å². The van der Waals surface area contributed by atoms with Gasteiger partial charge in [-0.05, 0) is 47.1 Å². The summed E-state index contributed by atoms with van der Waals surface area (Å²) in [5, 5.41) is 6.30. The van der Waals surface area contributed by atoms with Crippen molar-refractivity contribution >= 4 is 6.09 Å². The standard InChI is InChI=1S/C12H24N2O2/c1-9(10-7-5-6-8-13-10)14-11(15)16-12(2,3)4/h9-10,13H,5-8H2,1-4H3,(H,14,15)/t9-,10+/m0/s1. The molecule has 2 atom stereocenters. The lowest BCUT2D eigenvalue weighted by Crippen LogP contribution is -2.51. The van der Waals surface area contributed by atoms with Crippen molar-refractivity contribution < 1.29 is 9.53 Å². The molecule has 94 valence electrons. The summed E-state index contributed by atoms with van der Waals surface area (Å²) in [6, 6.07) is 0.497. The van der Waals surface area contributed by atoms with Crippen LogP contribution in [0.3, 0.4) is 0 Å². The third kappa shape index (κ3) is 4.84. The lowest BCUT2D eigenvalue weighted by Gasteiger charge is -2.30. The van der Waals surface area contributed by atoms with Crippen molar-refractivity contribution in [2.24, 2.45) is 0 Å². The van der Waals surface area contributed by atoms with Gasteiger partial charge in [0.05, 0.1) is 0 Å². The van der Waals surface area contributed by atoms with E-state index < -0.39 is 5.60 Å². The maximum atomic E-state index is 11.6. The molecule has 0 aromatic heterocycles. The van der Waals surface area contributed by atoms with Crippen LogP contribution < -0.4 is 10.6 Å². The molecule has 0 aromatic carbocycles. The molecule has 0 saturated carbocycles. The molecule has 4 nitrogen and oxygen atoms in total. The van der Waals surface area contributed by atoms with E-state index in [-0.39, 0.29) is 12.1 Å². The Labute approximate surface area is 98.1 Å². The molecule has 0 bridgehead atoms. The third-order valence-corrected chi connectivity index (χ3v) is 2.70. The summed E-state index contributed by atoms with van der Waals surface area (Å²) < 4.78 is 5.22. The molecule has 0 unspecified atom stereocenters. The van der Waals surface area contributed by atoms with Crippen LogP contribution in [0.25, 0.3) is 0 Å². The van der Waals surface area contributed by atoms with Crippen molar-refractivity contribution in [2.75, 3.05) is 6.54 Å². The molecule has 1 heterocycles. The van der Waals surface area contributed by atoms with E-state index in [2.05, 4.69) is 10.6 Å². The van der Waals surface area contributed by atoms with Gasteiger partial charge in [-0.25, -0.2) is 4.79 Å². The molecule has 1 fully saturated rings. The van der Waals surface area contributed by atoms with Gasteiger partial charge in [0.15, 0.2) is 0 Å². The average molecular weight is 228 g/mol. The normalized spacial score (nSPS) is 23.6. The zero-order valence-electron chi connectivity index (χ0n) is 10.8. The predicted molar refractivity (Wildman–Crippen MR) is 64.5 cm³/mol. The van der Waals surface area contributed by atoms with Gasteiger partial charge >= 0.3 is 6.09 Å². The first-order chi connectivity index (χ1) is 7.38. The molecule has 1 amide bonds. The Hall–Kier alpha value is -0.770. The zero-order chi connectivity index (χ0) is 12.2. The Morgan fingerprint density at radius 3 is 2.62 bits per heavy atom. The van der Waals surface area contributed by atoms with E-state index in [4.69, 9.17) is 4.74 Å². The molecule has 2 N–H and O–H groups in total. The Bertz CT molecular complexity index is 230. The molecule has 0 aliphatic carbocycles. The summed E-state index contributed by atoms with van der Waals surface area (Å²) in [6.07, 6.45) is 3.26. The maximum absolute atomic E-state index is 11.6. The lowest BCUT2D eigenvalue weighted by molar-refractivity contribution is 0.0494. The summed E-state index contributed by atoms with van der Waals surface area (Å²) in [6.45, 7) is 8.68. The number of alkyl carbamates (subject to hydrolysis) is 1. The highest BCUT2D eigenvalue weighted by Gasteiger charge is 2.23. The Balaban J connectivity index is 2.32. The monoisotopic (exact) mass is 228 g/mol. The zero-order valence-corrected chi connectivity index (χ0v) is 10.8. The van der Waals surface area contributed by atoms with E-state index in [1.165, 1.54) is 12.8 Å². The molecule has 4 heteroatoms. The second kappa shape index (κ2) is 5.53. The first-order valence-electron chi connectivity index (χ1n) is 6.11. The highest BCUT2D eigenvalue weighted by atomic mass is 16.6. The van der Waals surface area contributed by atoms with Crippen LogP contribution >= 0.6 is 0 Å². The second-order valence-electron chi connectivity index (χ2n) is 5.49. The van der Waals surface area contributed by atoms with Crippen molar-refractivity contribution in [1.82, 2.24) is 10.6 Å². The molecule has 16 heavy (non-hydrogen) atoms. The van der Waals surface area contributed by atoms with Crippen molar-refractivity contribution in [1.29, 1.82) is 0 Å². The number of rotatable bonds is 2. The van der Waals surface area contributed by atoms with E-state index >= 15 is 0 Å². The van der Waals surface area contributed by atoms with E-state index in [1.807, 2.05) is 27.7 Å². The Morgan fingerprint density at radius 1 is 1.44 bits per heavy atom. The van der Waals surface area contributed by atoms with Crippen LogP contribution in [0.1, 0.15) is 47.0 Å². The van der Waals surface area contributed by atoms with Gasteiger partial charge in [-0.3, -0.25) is 0 Å². The number of hydrogen-bond acceptors (Lipinski definition) is 3. The van der Waals surface area contributed by atoms with Gasteiger partial charge in [0.1, 0.15) is 5.60 Å². The second-order valence-corrected chi connectivity index (χ2v) is 5.49. The van der Waals surface area contributed by atoms with Crippen LogP contribution in [0.5, 0.6) is 0 Å². The SMILES string of the molecule is C[C@H](NC(=O)OC(C)(C)C)[C@H]1CCCCN1. The van der Waals surface area contributed by atoms with Gasteiger partial charge in [-0.2, -0.15) is 0 Å². The summed E-state index contributed by atoms with van der Waals surface area (Å²) in [7, 11) is 0. The third-order valence-electron chi connectivity index (χ3n) is 2.70. The molecular weight excluding hydrogens is 204 g/mol. The minimum atomic E-state index is -0.427. The highest BCUT2D eigenvalue weighted by Crippen LogP contribution is 2.11. The first kappa shape index (κ1) is 13.3. The van der Waals surface area contributed by atoms with Gasteiger partial charge in [0.25, 0.3) is 0 Å². The first-order valence-corrected chi connectivity index (χ1v) is 6.11. The van der Waals surface area contributed by atoms with Crippen LogP contribution in [0.2, 0.25) is 0 Å². The summed E-state index contributed by atoms with van der Waals surface area (Å²) in [5.41, 5.74) is -0.427. The van der Waals surface area contributed by atoms with Gasteiger partial charge in [0, 0.05) is 12.1 Å². The maximum Gasteiger partial charge on any atom is 0.407 e. The van der Waals surface area contributed by atoms with Crippen LogP contribution in [-0.4, -0.2) is 30.3 Å². The minimum absolute atomic E-state index is 0.121. The van der Waals surface area contributed by atoms with Crippen LogP contribution in [0.15, 0.2) is 0 Å². The fraction of sp³-hybridized carbons (Fsp3) is 0.917. The number of carbonyl (C=O) groups is 1. The molecule has 1 rings (SSSR count). The van der Waals surface area contributed by atoms with Crippen molar-refractivity contribution in [3.63, 3.8) is 0 Å². The van der Waals surface area contributed by atoms with Crippen LogP contribution in [0, 0.1) is 0 Å². The van der Waals surface area contributed by atoms with Crippen LogP contribution in [0.4, 0.5) is 4.79 Å². The van der Waals surface area contributed by atoms with Gasteiger partial charge in [-0.15, -0.1) is 0 Å². The summed E-state index contributed by atoms with van der Waals surface area (Å²) in [4.78, 5) is 11.6. The fourth-order valence-electron chi connectivity index (χ4n) is 1.90. The number of nitrogens with one attached hydrogen (secondary N) is 2. The van der Waals surface area contributed by atoms with Gasteiger partial charge in [-0.1, -0.05) is 6.42 Å². The molecular formula is C12H24N2O2. The number of amides is 1. The number of carbonyl (C=O) groups excluding carboxylic acids is 1. The molecule has 0 aromatic rings. The van der Waals surface area contributed by atoms with E-state index in [0.29, 0.717) is 6.04 Å². The van der Waals surface area contributed by atoms with E-state index in [1.54, 1.807) is 0 Å². The highest BCUT2D eigenvalue weighted by molar-refractivity contribution is 5.68. The molecule has 1 saturated heterocycles. The van der Waals surface area contributed by atoms with E-state index in [9.17, 15) is 4.79 Å². The average Bonchev–Trinajstić information content (AvgIpc) is 2.16. The smallest absolute Gasteiger partial charge is 0.407 e. The molecule has 0 radical (unpaired) electrons. The van der Waals surface area contributed by atoms with Gasteiger partial charge in [0.2, 0.25) is 0 Å². The Kier molecular flexibility index (Phi) is 4.59. The van der Waals surface area contributed by atoms with Gasteiger partial charge < -0.3 is 15.4 Å². The Morgan fingerprint density at radius 2 is 2.12 bits per heavy atom. The molecule has 1 aliphatic heterocycles. The largest absolute Gasteiger partial charge is 0.444 e. The predicted octanol–water partition coefficient (Wildman–Crippen LogP) is 2.04. The quantitative estimate of drug-likeness (QED) is 0.760. The molecule has 0 spiro atoms. The topological polar surface area (TPSA) is 50.4 Å². The number of piperidine rings is 1.